The highest BCUT2D eigenvalue weighted by Crippen LogP contribution is 2.71. The first-order valence-corrected chi connectivity index (χ1v) is 8.81. The van der Waals surface area contributed by atoms with Gasteiger partial charge in [-0.05, 0) is 43.1 Å². The highest BCUT2D eigenvalue weighted by atomic mass is 79.9. The molecule has 0 unspecified atom stereocenters. The molecule has 0 heterocycles. The van der Waals surface area contributed by atoms with Gasteiger partial charge in [0.05, 0.1) is 12.2 Å². The Labute approximate surface area is 131 Å². The van der Waals surface area contributed by atoms with Crippen molar-refractivity contribution >= 4 is 15.9 Å². The fourth-order valence-corrected chi connectivity index (χ4v) is 5.78. The van der Waals surface area contributed by atoms with E-state index in [1.54, 1.807) is 0 Å². The highest BCUT2D eigenvalue weighted by molar-refractivity contribution is 9.09. The van der Waals surface area contributed by atoms with Crippen LogP contribution in [0.5, 0.6) is 0 Å². The molecule has 2 aliphatic carbocycles. The predicted molar refractivity (Wildman–Crippen MR) is 87.0 cm³/mol. The minimum Gasteiger partial charge on any atom is -0.370 e. The summed E-state index contributed by atoms with van der Waals surface area (Å²) in [4.78, 5) is 0. The SMILES string of the molecule is C[C@]12CC[C@H](C[C@]1(C)OCc1ccccc1)[C@@]2(C)CBr. The van der Waals surface area contributed by atoms with E-state index >= 15 is 0 Å². The second kappa shape index (κ2) is 4.84. The standard InChI is InChI=1S/C18H25BrO/c1-16(13-19)15-9-10-17(16,2)18(3,11-15)20-12-14-7-5-4-6-8-14/h4-8,15H,9-13H2,1-3H3/t15-,16-,17-,18+/m1/s1. The average Bonchev–Trinajstić information content (AvgIpc) is 2.81. The van der Waals surface area contributed by atoms with Gasteiger partial charge in [0.2, 0.25) is 0 Å². The van der Waals surface area contributed by atoms with E-state index in [0.717, 1.165) is 17.9 Å². The zero-order valence-electron chi connectivity index (χ0n) is 12.8. The van der Waals surface area contributed by atoms with Gasteiger partial charge in [0.1, 0.15) is 0 Å². The summed E-state index contributed by atoms with van der Waals surface area (Å²) in [7, 11) is 0. The smallest absolute Gasteiger partial charge is 0.0724 e. The van der Waals surface area contributed by atoms with E-state index in [4.69, 9.17) is 4.74 Å². The number of hydrogen-bond acceptors (Lipinski definition) is 1. The van der Waals surface area contributed by atoms with Crippen LogP contribution in [0.15, 0.2) is 30.3 Å². The molecular formula is C18H25BrO. The number of fused-ring (bicyclic) bond motifs is 2. The summed E-state index contributed by atoms with van der Waals surface area (Å²) in [5.74, 6) is 0.799. The van der Waals surface area contributed by atoms with Crippen molar-refractivity contribution in [3.63, 3.8) is 0 Å². The quantitative estimate of drug-likeness (QED) is 0.688. The number of rotatable bonds is 4. The van der Waals surface area contributed by atoms with Gasteiger partial charge in [-0.1, -0.05) is 60.1 Å². The van der Waals surface area contributed by atoms with Gasteiger partial charge in [-0.3, -0.25) is 0 Å². The first-order chi connectivity index (χ1) is 9.45. The largest absolute Gasteiger partial charge is 0.370 e. The van der Waals surface area contributed by atoms with Crippen LogP contribution in [0.2, 0.25) is 0 Å². The fraction of sp³-hybridized carbons (Fsp3) is 0.667. The molecule has 0 N–H and O–H groups in total. The average molecular weight is 337 g/mol. The maximum Gasteiger partial charge on any atom is 0.0724 e. The summed E-state index contributed by atoms with van der Waals surface area (Å²) in [5.41, 5.74) is 1.94. The molecule has 0 saturated heterocycles. The molecule has 3 rings (SSSR count). The van der Waals surface area contributed by atoms with Crippen molar-refractivity contribution < 1.29 is 4.74 Å². The Kier molecular flexibility index (Phi) is 3.53. The third-order valence-corrected chi connectivity index (χ3v) is 7.80. The highest BCUT2D eigenvalue weighted by Gasteiger charge is 2.68. The normalized spacial score (nSPS) is 43.1. The second-order valence-electron chi connectivity index (χ2n) is 7.33. The van der Waals surface area contributed by atoms with Crippen molar-refractivity contribution in [3.05, 3.63) is 35.9 Å². The molecule has 0 amide bonds. The molecule has 4 atom stereocenters. The Morgan fingerprint density at radius 2 is 1.90 bits per heavy atom. The van der Waals surface area contributed by atoms with Gasteiger partial charge < -0.3 is 4.74 Å². The van der Waals surface area contributed by atoms with Crippen LogP contribution in [0, 0.1) is 16.7 Å². The van der Waals surface area contributed by atoms with Crippen molar-refractivity contribution in [1.82, 2.24) is 0 Å². The summed E-state index contributed by atoms with van der Waals surface area (Å²) in [6.07, 6.45) is 3.87. The van der Waals surface area contributed by atoms with Crippen molar-refractivity contribution in [2.75, 3.05) is 5.33 Å². The first kappa shape index (κ1) is 14.6. The monoisotopic (exact) mass is 336 g/mol. The Balaban J connectivity index is 1.80. The van der Waals surface area contributed by atoms with E-state index in [-0.39, 0.29) is 11.0 Å². The molecule has 2 fully saturated rings. The van der Waals surface area contributed by atoms with E-state index in [1.807, 2.05) is 0 Å². The molecule has 0 spiro atoms. The number of ether oxygens (including phenoxy) is 1. The molecule has 0 aromatic heterocycles. The van der Waals surface area contributed by atoms with Crippen molar-refractivity contribution in [3.8, 4) is 0 Å². The van der Waals surface area contributed by atoms with Crippen LogP contribution >= 0.6 is 15.9 Å². The number of halogens is 1. The van der Waals surface area contributed by atoms with E-state index in [2.05, 4.69) is 67.0 Å². The number of hydrogen-bond donors (Lipinski definition) is 0. The zero-order valence-corrected chi connectivity index (χ0v) is 14.4. The first-order valence-electron chi connectivity index (χ1n) is 7.69. The van der Waals surface area contributed by atoms with Gasteiger partial charge in [-0.25, -0.2) is 0 Å². The molecule has 2 saturated carbocycles. The molecule has 1 nitrogen and oxygen atoms in total. The predicted octanol–water partition coefficient (Wildman–Crippen LogP) is 5.18. The Hall–Kier alpha value is -0.340. The molecule has 2 heteroatoms. The molecular weight excluding hydrogens is 312 g/mol. The molecule has 2 aliphatic rings. The summed E-state index contributed by atoms with van der Waals surface area (Å²) in [5, 5.41) is 1.09. The van der Waals surface area contributed by atoms with E-state index < -0.39 is 0 Å². The second-order valence-corrected chi connectivity index (χ2v) is 7.89. The van der Waals surface area contributed by atoms with Crippen LogP contribution in [-0.2, 0) is 11.3 Å². The molecule has 1 aromatic carbocycles. The molecule has 20 heavy (non-hydrogen) atoms. The van der Waals surface area contributed by atoms with E-state index in [9.17, 15) is 0 Å². The third-order valence-electron chi connectivity index (χ3n) is 6.64. The summed E-state index contributed by atoms with van der Waals surface area (Å²) in [6.45, 7) is 7.98. The van der Waals surface area contributed by atoms with Crippen LogP contribution in [-0.4, -0.2) is 10.9 Å². The van der Waals surface area contributed by atoms with Gasteiger partial charge in [0.25, 0.3) is 0 Å². The third kappa shape index (κ3) is 1.84. The van der Waals surface area contributed by atoms with Crippen molar-refractivity contribution in [2.45, 2.75) is 52.2 Å². The number of benzene rings is 1. The Morgan fingerprint density at radius 1 is 1.20 bits per heavy atom. The topological polar surface area (TPSA) is 9.23 Å². The lowest BCUT2D eigenvalue weighted by molar-refractivity contribution is -0.133. The van der Waals surface area contributed by atoms with Crippen LogP contribution in [0.4, 0.5) is 0 Å². The van der Waals surface area contributed by atoms with Gasteiger partial charge >= 0.3 is 0 Å². The number of alkyl halides is 1. The van der Waals surface area contributed by atoms with Crippen LogP contribution in [0.1, 0.15) is 45.6 Å². The van der Waals surface area contributed by atoms with Gasteiger partial charge in [0.15, 0.2) is 0 Å². The van der Waals surface area contributed by atoms with Gasteiger partial charge in [-0.15, -0.1) is 0 Å². The minimum absolute atomic E-state index is 0.00821. The Bertz CT molecular complexity index is 487. The lowest BCUT2D eigenvalue weighted by atomic mass is 9.65. The molecule has 0 radical (unpaired) electrons. The Morgan fingerprint density at radius 3 is 2.50 bits per heavy atom. The molecule has 110 valence electrons. The van der Waals surface area contributed by atoms with Crippen LogP contribution in [0.25, 0.3) is 0 Å². The lowest BCUT2D eigenvalue weighted by Crippen LogP contribution is -2.48. The maximum absolute atomic E-state index is 6.49. The zero-order chi connectivity index (χ0) is 14.4. The molecule has 2 bridgehead atoms. The van der Waals surface area contributed by atoms with Crippen LogP contribution < -0.4 is 0 Å². The minimum atomic E-state index is 0.00821. The summed E-state index contributed by atoms with van der Waals surface area (Å²) < 4.78 is 6.49. The maximum atomic E-state index is 6.49. The summed E-state index contributed by atoms with van der Waals surface area (Å²) >= 11 is 3.78. The molecule has 0 aliphatic heterocycles. The van der Waals surface area contributed by atoms with E-state index in [0.29, 0.717) is 5.41 Å². The summed E-state index contributed by atoms with van der Waals surface area (Å²) in [6, 6.07) is 10.6. The van der Waals surface area contributed by atoms with E-state index in [1.165, 1.54) is 24.8 Å². The van der Waals surface area contributed by atoms with Gasteiger partial charge in [-0.2, -0.15) is 0 Å². The van der Waals surface area contributed by atoms with Crippen molar-refractivity contribution in [1.29, 1.82) is 0 Å². The fourth-order valence-electron chi connectivity index (χ4n) is 4.70. The van der Waals surface area contributed by atoms with Crippen LogP contribution in [0.3, 0.4) is 0 Å². The van der Waals surface area contributed by atoms with Gasteiger partial charge in [0, 0.05) is 10.7 Å². The molecule has 1 aromatic rings. The van der Waals surface area contributed by atoms with Crippen molar-refractivity contribution in [2.24, 2.45) is 16.7 Å². The lowest BCUT2D eigenvalue weighted by Gasteiger charge is -2.47.